The van der Waals surface area contributed by atoms with Gasteiger partial charge in [-0.3, -0.25) is 19.5 Å². The molecular weight excluding hydrogens is 414 g/mol. The number of pyridine rings is 2. The summed E-state index contributed by atoms with van der Waals surface area (Å²) >= 11 is 1.24. The zero-order valence-corrected chi connectivity index (χ0v) is 17.5. The molecule has 1 amide bonds. The summed E-state index contributed by atoms with van der Waals surface area (Å²) in [6.07, 6.45) is 6.59. The van der Waals surface area contributed by atoms with Crippen LogP contribution < -0.4 is 4.90 Å². The van der Waals surface area contributed by atoms with Crippen molar-refractivity contribution in [3.8, 4) is 0 Å². The Kier molecular flexibility index (Phi) is 4.40. The number of hydrogen-bond acceptors (Lipinski definition) is 7. The summed E-state index contributed by atoms with van der Waals surface area (Å²) in [7, 11) is 0. The first-order chi connectivity index (χ1) is 15.0. The Hall–Kier alpha value is -3.85. The van der Waals surface area contributed by atoms with E-state index in [-0.39, 0.29) is 17.0 Å². The third-order valence-electron chi connectivity index (χ3n) is 5.38. The van der Waals surface area contributed by atoms with Gasteiger partial charge < -0.3 is 9.51 Å². The molecule has 8 nitrogen and oxygen atoms in total. The molecule has 4 aromatic heterocycles. The standard InChI is InChI=1S/C22H17N5O3S/c1-12-5-4-9-26-13(2)16(25-20(12)26)18(28)15-17(14-6-3-7-23-11-14)27(21(30)19(15)29)22-24-8-10-31-22/h3-11,17,28H,1-2H3. The van der Waals surface area contributed by atoms with Gasteiger partial charge in [0, 0.05) is 30.2 Å². The highest BCUT2D eigenvalue weighted by atomic mass is 32.1. The van der Waals surface area contributed by atoms with Crippen LogP contribution in [0.5, 0.6) is 0 Å². The number of nitrogens with zero attached hydrogens (tertiary/aromatic N) is 5. The fraction of sp³-hybridized carbons (Fsp3) is 0.136. The van der Waals surface area contributed by atoms with Crippen molar-refractivity contribution in [2.24, 2.45) is 0 Å². The Morgan fingerprint density at radius 2 is 2.00 bits per heavy atom. The molecule has 5 rings (SSSR count). The maximum atomic E-state index is 13.1. The van der Waals surface area contributed by atoms with Gasteiger partial charge in [-0.2, -0.15) is 0 Å². The van der Waals surface area contributed by atoms with Crippen LogP contribution in [0.4, 0.5) is 5.13 Å². The monoisotopic (exact) mass is 431 g/mol. The lowest BCUT2D eigenvalue weighted by Crippen LogP contribution is -2.29. The molecule has 5 heterocycles. The van der Waals surface area contributed by atoms with Crippen LogP contribution in [0.15, 0.2) is 60.0 Å². The molecule has 1 N–H and O–H groups in total. The van der Waals surface area contributed by atoms with Crippen molar-refractivity contribution < 1.29 is 14.7 Å². The maximum absolute atomic E-state index is 13.1. The number of aliphatic hydroxyl groups excluding tert-OH is 1. The van der Waals surface area contributed by atoms with Crippen molar-refractivity contribution in [2.75, 3.05) is 4.90 Å². The minimum absolute atomic E-state index is 0.0302. The Morgan fingerprint density at radius 1 is 1.16 bits per heavy atom. The van der Waals surface area contributed by atoms with Crippen LogP contribution in [0.2, 0.25) is 0 Å². The van der Waals surface area contributed by atoms with Crippen LogP contribution >= 0.6 is 11.3 Å². The highest BCUT2D eigenvalue weighted by Gasteiger charge is 2.48. The number of Topliss-reactive ketones (excluding diaryl/α,β-unsaturated/α-hetero) is 1. The first-order valence-corrected chi connectivity index (χ1v) is 10.4. The number of thiazole rings is 1. The summed E-state index contributed by atoms with van der Waals surface area (Å²) in [6.45, 7) is 3.73. The zero-order chi connectivity index (χ0) is 21.7. The van der Waals surface area contributed by atoms with Gasteiger partial charge in [0.2, 0.25) is 0 Å². The van der Waals surface area contributed by atoms with E-state index in [4.69, 9.17) is 0 Å². The molecule has 1 saturated heterocycles. The van der Waals surface area contributed by atoms with Gasteiger partial charge in [0.05, 0.1) is 17.3 Å². The van der Waals surface area contributed by atoms with Crippen LogP contribution in [-0.2, 0) is 9.59 Å². The second kappa shape index (κ2) is 7.13. The van der Waals surface area contributed by atoms with Gasteiger partial charge in [-0.15, -0.1) is 11.3 Å². The first-order valence-electron chi connectivity index (χ1n) is 9.54. The summed E-state index contributed by atoms with van der Waals surface area (Å²) in [5, 5.41) is 13.4. The lowest BCUT2D eigenvalue weighted by Gasteiger charge is -2.22. The fourth-order valence-electron chi connectivity index (χ4n) is 3.89. The van der Waals surface area contributed by atoms with E-state index >= 15 is 0 Å². The number of rotatable bonds is 3. The van der Waals surface area contributed by atoms with Crippen molar-refractivity contribution in [1.29, 1.82) is 0 Å². The lowest BCUT2D eigenvalue weighted by atomic mass is 9.97. The largest absolute Gasteiger partial charge is 0.505 e. The van der Waals surface area contributed by atoms with Crippen molar-refractivity contribution in [3.63, 3.8) is 0 Å². The third kappa shape index (κ3) is 2.85. The number of fused-ring (bicyclic) bond motifs is 1. The molecule has 1 unspecified atom stereocenters. The van der Waals surface area contributed by atoms with Gasteiger partial charge >= 0.3 is 5.91 Å². The van der Waals surface area contributed by atoms with Gasteiger partial charge in [-0.05, 0) is 37.1 Å². The second-order valence-corrected chi connectivity index (χ2v) is 8.07. The van der Waals surface area contributed by atoms with Gasteiger partial charge in [0.1, 0.15) is 11.3 Å². The molecule has 0 bridgehead atoms. The molecule has 1 aliphatic rings. The average Bonchev–Trinajstić information content (AvgIpc) is 3.48. The van der Waals surface area contributed by atoms with E-state index in [0.29, 0.717) is 22.0 Å². The van der Waals surface area contributed by atoms with Crippen molar-refractivity contribution in [2.45, 2.75) is 19.9 Å². The maximum Gasteiger partial charge on any atom is 0.301 e. The molecule has 9 heteroatoms. The van der Waals surface area contributed by atoms with E-state index < -0.39 is 17.7 Å². The van der Waals surface area contributed by atoms with Crippen molar-refractivity contribution in [1.82, 2.24) is 19.4 Å². The molecule has 0 radical (unpaired) electrons. The van der Waals surface area contributed by atoms with Crippen LogP contribution in [0.25, 0.3) is 11.4 Å². The van der Waals surface area contributed by atoms with E-state index in [1.165, 1.54) is 16.2 Å². The smallest absolute Gasteiger partial charge is 0.301 e. The Labute approximate surface area is 181 Å². The third-order valence-corrected chi connectivity index (χ3v) is 6.15. The number of ketones is 1. The fourth-order valence-corrected chi connectivity index (χ4v) is 4.56. The Morgan fingerprint density at radius 3 is 2.68 bits per heavy atom. The molecule has 31 heavy (non-hydrogen) atoms. The number of aliphatic hydroxyl groups is 1. The van der Waals surface area contributed by atoms with Crippen LogP contribution in [-0.4, -0.2) is 36.1 Å². The van der Waals surface area contributed by atoms with E-state index in [1.54, 1.807) is 36.1 Å². The predicted octanol–water partition coefficient (Wildman–Crippen LogP) is 3.43. The number of imidazole rings is 1. The Bertz CT molecular complexity index is 1360. The normalized spacial score (nSPS) is 18.3. The van der Waals surface area contributed by atoms with Gasteiger partial charge in [0.25, 0.3) is 5.78 Å². The predicted molar refractivity (Wildman–Crippen MR) is 116 cm³/mol. The molecular formula is C22H17N5O3S. The number of carbonyl (C=O) groups excluding carboxylic acids is 2. The summed E-state index contributed by atoms with van der Waals surface area (Å²) in [5.41, 5.74) is 3.10. The minimum atomic E-state index is -0.856. The molecule has 154 valence electrons. The average molecular weight is 431 g/mol. The topological polar surface area (TPSA) is 101 Å². The second-order valence-electron chi connectivity index (χ2n) is 7.20. The molecule has 1 fully saturated rings. The molecule has 0 aliphatic carbocycles. The summed E-state index contributed by atoms with van der Waals surface area (Å²) < 4.78 is 1.85. The Balaban J connectivity index is 1.77. The number of aromatic nitrogens is 4. The number of anilines is 1. The van der Waals surface area contributed by atoms with E-state index in [2.05, 4.69) is 15.0 Å². The summed E-state index contributed by atoms with van der Waals surface area (Å²) in [4.78, 5) is 40.4. The molecule has 0 aromatic carbocycles. The van der Waals surface area contributed by atoms with Crippen LogP contribution in [0.1, 0.15) is 28.6 Å². The number of amides is 1. The molecule has 1 atom stereocenters. The summed E-state index contributed by atoms with van der Waals surface area (Å²) in [5.74, 6) is -1.84. The number of carbonyl (C=O) groups is 2. The number of aryl methyl sites for hydroxylation is 2. The highest BCUT2D eigenvalue weighted by molar-refractivity contribution is 7.14. The zero-order valence-electron chi connectivity index (χ0n) is 16.7. The molecule has 1 aliphatic heterocycles. The van der Waals surface area contributed by atoms with Gasteiger partial charge in [-0.1, -0.05) is 12.1 Å². The number of hydrogen-bond donors (Lipinski definition) is 1. The van der Waals surface area contributed by atoms with E-state index in [0.717, 1.165) is 5.56 Å². The van der Waals surface area contributed by atoms with E-state index in [1.807, 2.05) is 36.6 Å². The quantitative estimate of drug-likeness (QED) is 0.303. The minimum Gasteiger partial charge on any atom is -0.505 e. The lowest BCUT2D eigenvalue weighted by molar-refractivity contribution is -0.132. The van der Waals surface area contributed by atoms with Crippen LogP contribution in [0.3, 0.4) is 0 Å². The SMILES string of the molecule is Cc1cccn2c(C)c(C(O)=C3C(=O)C(=O)N(c4nccs4)C3c3cccnc3)nc12. The van der Waals surface area contributed by atoms with Gasteiger partial charge in [-0.25, -0.2) is 9.97 Å². The van der Waals surface area contributed by atoms with Crippen molar-refractivity contribution in [3.05, 3.63) is 82.5 Å². The highest BCUT2D eigenvalue weighted by Crippen LogP contribution is 2.42. The van der Waals surface area contributed by atoms with E-state index in [9.17, 15) is 14.7 Å². The molecule has 0 spiro atoms. The molecule has 0 saturated carbocycles. The molecule has 4 aromatic rings. The first kappa shape index (κ1) is 19.1. The summed E-state index contributed by atoms with van der Waals surface area (Å²) in [6, 6.07) is 6.43. The van der Waals surface area contributed by atoms with Gasteiger partial charge in [0.15, 0.2) is 10.9 Å². The van der Waals surface area contributed by atoms with Crippen LogP contribution in [0, 0.1) is 13.8 Å². The van der Waals surface area contributed by atoms with Crippen molar-refractivity contribution >= 4 is 39.6 Å².